The molecule has 0 radical (unpaired) electrons. The number of halogens is 1. The van der Waals surface area contributed by atoms with Crippen LogP contribution in [-0.2, 0) is 0 Å². The summed E-state index contributed by atoms with van der Waals surface area (Å²) in [6.45, 7) is 6.81. The van der Waals surface area contributed by atoms with Crippen LogP contribution in [0.3, 0.4) is 0 Å². The molecule has 0 aliphatic carbocycles. The highest BCUT2D eigenvalue weighted by molar-refractivity contribution is 5.51. The number of rotatable bonds is 2. The molecule has 0 amide bonds. The summed E-state index contributed by atoms with van der Waals surface area (Å²) < 4.78 is 0.681. The zero-order valence-electron chi connectivity index (χ0n) is 6.00. The summed E-state index contributed by atoms with van der Waals surface area (Å²) in [6.07, 6.45) is 7.54. The minimum Gasteiger partial charge on any atom is -1.00 e. The van der Waals surface area contributed by atoms with Crippen LogP contribution in [0.4, 0.5) is 0 Å². The lowest BCUT2D eigenvalue weighted by Gasteiger charge is -2.18. The summed E-state index contributed by atoms with van der Waals surface area (Å²) in [5.74, 6) is 0. The van der Waals surface area contributed by atoms with E-state index in [2.05, 4.69) is 18.5 Å². The smallest absolute Gasteiger partial charge is 0.199 e. The Labute approximate surface area is 71.9 Å². The molecule has 0 N–H and O–H groups in total. The topological polar surface area (TPSA) is 12.4 Å². The van der Waals surface area contributed by atoms with Crippen LogP contribution in [0.15, 0.2) is 30.2 Å². The monoisotopic (exact) mass is 202 g/mol. The van der Waals surface area contributed by atoms with Gasteiger partial charge in [0.2, 0.25) is 0 Å². The van der Waals surface area contributed by atoms with Crippen LogP contribution in [-0.4, -0.2) is 17.4 Å². The number of hydrogen-bond donors (Lipinski definition) is 0. The van der Waals surface area contributed by atoms with Crippen molar-refractivity contribution in [2.24, 2.45) is 4.99 Å². The first-order chi connectivity index (χ1) is 4.33. The standard InChI is InChI=1S/C7H11N2.BrH/c1-3-9(4-2)6-5-8-7-9;/h3,5-7H,1,4H2,2H3;1H/q+1;/p-1. The summed E-state index contributed by atoms with van der Waals surface area (Å²) in [5.41, 5.74) is 0. The Morgan fingerprint density at radius 2 is 2.40 bits per heavy atom. The number of aliphatic imine (C=N–C) groups is 1. The minimum atomic E-state index is 0. The van der Waals surface area contributed by atoms with Gasteiger partial charge in [-0.15, -0.1) is 0 Å². The van der Waals surface area contributed by atoms with E-state index in [1.165, 1.54) is 0 Å². The molecule has 56 valence electrons. The Kier molecular flexibility index (Phi) is 3.53. The van der Waals surface area contributed by atoms with Crippen molar-refractivity contribution < 1.29 is 21.5 Å². The number of hydrogen-bond acceptors (Lipinski definition) is 1. The average Bonchev–Trinajstić information content (AvgIpc) is 2.36. The molecule has 1 heterocycles. The first-order valence-corrected chi connectivity index (χ1v) is 3.06. The molecule has 0 aromatic heterocycles. The molecule has 0 spiro atoms. The van der Waals surface area contributed by atoms with Gasteiger partial charge in [0.15, 0.2) is 6.34 Å². The third kappa shape index (κ3) is 1.55. The Morgan fingerprint density at radius 3 is 2.60 bits per heavy atom. The van der Waals surface area contributed by atoms with Crippen molar-refractivity contribution in [1.29, 1.82) is 0 Å². The van der Waals surface area contributed by atoms with E-state index in [0.29, 0.717) is 4.48 Å². The van der Waals surface area contributed by atoms with Crippen molar-refractivity contribution in [2.75, 3.05) is 6.54 Å². The molecule has 1 aliphatic heterocycles. The second-order valence-electron chi connectivity index (χ2n) is 2.06. The maximum absolute atomic E-state index is 3.97. The lowest BCUT2D eigenvalue weighted by molar-refractivity contribution is -0.718. The summed E-state index contributed by atoms with van der Waals surface area (Å²) in [5, 5.41) is 0. The van der Waals surface area contributed by atoms with Gasteiger partial charge < -0.3 is 17.0 Å². The van der Waals surface area contributed by atoms with E-state index in [9.17, 15) is 0 Å². The largest absolute Gasteiger partial charge is 1.00 e. The van der Waals surface area contributed by atoms with Crippen molar-refractivity contribution >= 4 is 6.34 Å². The van der Waals surface area contributed by atoms with Gasteiger partial charge in [-0.25, -0.2) is 9.48 Å². The first-order valence-electron chi connectivity index (χ1n) is 3.06. The maximum Gasteiger partial charge on any atom is 0.199 e. The van der Waals surface area contributed by atoms with Gasteiger partial charge in [-0.2, -0.15) is 0 Å². The maximum atomic E-state index is 3.97. The number of quaternary nitrogens is 1. The molecule has 0 saturated heterocycles. The highest BCUT2D eigenvalue weighted by Crippen LogP contribution is 2.09. The molecule has 0 aromatic carbocycles. The lowest BCUT2D eigenvalue weighted by atomic mass is 10.5. The van der Waals surface area contributed by atoms with Crippen LogP contribution in [0.25, 0.3) is 0 Å². The van der Waals surface area contributed by atoms with Crippen molar-refractivity contribution in [1.82, 2.24) is 0 Å². The van der Waals surface area contributed by atoms with Crippen molar-refractivity contribution in [3.8, 4) is 0 Å². The van der Waals surface area contributed by atoms with Crippen LogP contribution < -0.4 is 17.0 Å². The summed E-state index contributed by atoms with van der Waals surface area (Å²) >= 11 is 0. The molecular formula is C7H11BrN2. The van der Waals surface area contributed by atoms with Crippen LogP contribution in [0, 0.1) is 0 Å². The Bertz CT molecular complexity index is 160. The minimum absolute atomic E-state index is 0. The van der Waals surface area contributed by atoms with Gasteiger partial charge >= 0.3 is 0 Å². The van der Waals surface area contributed by atoms with Crippen molar-refractivity contribution in [3.05, 3.63) is 25.2 Å². The summed E-state index contributed by atoms with van der Waals surface area (Å²) in [7, 11) is 0. The zero-order chi connectivity index (χ0) is 6.74. The quantitative estimate of drug-likeness (QED) is 0.483. The normalized spacial score (nSPS) is 28.1. The third-order valence-electron chi connectivity index (χ3n) is 1.60. The highest BCUT2D eigenvalue weighted by atomic mass is 79.9. The highest BCUT2D eigenvalue weighted by Gasteiger charge is 2.18. The molecule has 0 bridgehead atoms. The van der Waals surface area contributed by atoms with Crippen molar-refractivity contribution in [2.45, 2.75) is 6.92 Å². The fourth-order valence-electron chi connectivity index (χ4n) is 0.788. The van der Waals surface area contributed by atoms with Crippen LogP contribution in [0.1, 0.15) is 6.92 Å². The van der Waals surface area contributed by atoms with E-state index in [4.69, 9.17) is 0 Å². The predicted molar refractivity (Wildman–Crippen MR) is 38.6 cm³/mol. The predicted octanol–water partition coefficient (Wildman–Crippen LogP) is -1.52. The van der Waals surface area contributed by atoms with Gasteiger partial charge in [0.05, 0.1) is 18.9 Å². The summed E-state index contributed by atoms with van der Waals surface area (Å²) in [6, 6.07) is 0. The van der Waals surface area contributed by atoms with Crippen LogP contribution in [0.5, 0.6) is 0 Å². The molecular weight excluding hydrogens is 192 g/mol. The summed E-state index contributed by atoms with van der Waals surface area (Å²) in [4.78, 5) is 3.97. The first kappa shape index (κ1) is 9.59. The SMILES string of the molecule is C=C[N+]1(CC)C=CN=C1.[Br-]. The van der Waals surface area contributed by atoms with Gasteiger partial charge in [0.1, 0.15) is 6.20 Å². The molecule has 2 nitrogen and oxygen atoms in total. The Morgan fingerprint density at radius 1 is 1.70 bits per heavy atom. The second kappa shape index (κ2) is 3.68. The van der Waals surface area contributed by atoms with Gasteiger partial charge in [-0.1, -0.05) is 0 Å². The molecule has 0 aromatic rings. The fraction of sp³-hybridized carbons (Fsp3) is 0.286. The fourth-order valence-corrected chi connectivity index (χ4v) is 0.788. The second-order valence-corrected chi connectivity index (χ2v) is 2.06. The van der Waals surface area contributed by atoms with Gasteiger partial charge in [0.25, 0.3) is 0 Å². The molecule has 1 atom stereocenters. The number of nitrogens with zero attached hydrogens (tertiary/aromatic N) is 2. The van der Waals surface area contributed by atoms with E-state index in [1.54, 1.807) is 6.20 Å². The van der Waals surface area contributed by atoms with Gasteiger partial charge in [-0.05, 0) is 13.5 Å². The third-order valence-corrected chi connectivity index (χ3v) is 1.60. The molecule has 1 rings (SSSR count). The van der Waals surface area contributed by atoms with E-state index in [0.717, 1.165) is 6.54 Å². The molecule has 10 heavy (non-hydrogen) atoms. The van der Waals surface area contributed by atoms with Gasteiger partial charge in [-0.3, -0.25) is 0 Å². The van der Waals surface area contributed by atoms with E-state index in [1.807, 2.05) is 18.7 Å². The van der Waals surface area contributed by atoms with E-state index < -0.39 is 0 Å². The average molecular weight is 203 g/mol. The van der Waals surface area contributed by atoms with Crippen LogP contribution in [0.2, 0.25) is 0 Å². The van der Waals surface area contributed by atoms with Crippen molar-refractivity contribution in [3.63, 3.8) is 0 Å². The van der Waals surface area contributed by atoms with E-state index >= 15 is 0 Å². The molecule has 3 heteroatoms. The van der Waals surface area contributed by atoms with Crippen LogP contribution >= 0.6 is 0 Å². The Hall–Kier alpha value is -0.410. The molecule has 1 aliphatic rings. The Balaban J connectivity index is 0.000000810. The zero-order valence-corrected chi connectivity index (χ0v) is 7.58. The molecule has 0 fully saturated rings. The van der Waals surface area contributed by atoms with E-state index in [-0.39, 0.29) is 17.0 Å². The van der Waals surface area contributed by atoms with Gasteiger partial charge in [0, 0.05) is 0 Å². The molecule has 1 unspecified atom stereocenters. The molecule has 0 saturated carbocycles. The lowest BCUT2D eigenvalue weighted by Crippen LogP contribution is -3.00.